The highest BCUT2D eigenvalue weighted by Crippen LogP contribution is 2.28. The molecule has 0 unspecified atom stereocenters. The van der Waals surface area contributed by atoms with Gasteiger partial charge in [-0.1, -0.05) is 41.4 Å². The summed E-state index contributed by atoms with van der Waals surface area (Å²) in [6, 6.07) is 16.1. The summed E-state index contributed by atoms with van der Waals surface area (Å²) < 4.78 is 10.7. The van der Waals surface area contributed by atoms with Gasteiger partial charge in [0.05, 0.1) is 18.9 Å². The molecule has 3 rings (SSSR count). The number of hydrogen-bond donors (Lipinski definition) is 2. The van der Waals surface area contributed by atoms with Crippen LogP contribution in [0.2, 0.25) is 10.0 Å². The van der Waals surface area contributed by atoms with Crippen LogP contribution in [-0.4, -0.2) is 31.1 Å². The zero-order chi connectivity index (χ0) is 24.7. The number of halogens is 2. The number of esters is 1. The van der Waals surface area contributed by atoms with Crippen LogP contribution in [0.15, 0.2) is 65.8 Å². The Morgan fingerprint density at radius 1 is 0.912 bits per heavy atom. The summed E-state index contributed by atoms with van der Waals surface area (Å²) >= 11 is 11.7. The summed E-state index contributed by atoms with van der Waals surface area (Å²) in [6.07, 6.45) is 1.30. The SMILES string of the molecule is COc1cc(C=NNC(=O)C(=O)Nc2cc(Cl)cc(Cl)c2)ccc1OC(=O)c1ccccc1C. The number of methoxy groups -OCH3 is 1. The zero-order valence-electron chi connectivity index (χ0n) is 18.1. The van der Waals surface area contributed by atoms with E-state index in [1.165, 1.54) is 37.6 Å². The molecule has 34 heavy (non-hydrogen) atoms. The van der Waals surface area contributed by atoms with Crippen LogP contribution >= 0.6 is 23.2 Å². The van der Waals surface area contributed by atoms with Gasteiger partial charge in [-0.2, -0.15) is 5.10 Å². The third kappa shape index (κ3) is 6.57. The summed E-state index contributed by atoms with van der Waals surface area (Å²) in [6.45, 7) is 1.81. The second-order valence-corrected chi connectivity index (χ2v) is 7.80. The summed E-state index contributed by atoms with van der Waals surface area (Å²) in [5.74, 6) is -1.96. The van der Waals surface area contributed by atoms with E-state index in [-0.39, 0.29) is 17.2 Å². The molecule has 0 aromatic heterocycles. The molecule has 3 aromatic carbocycles. The van der Waals surface area contributed by atoms with E-state index in [0.29, 0.717) is 21.2 Å². The number of anilines is 1. The highest BCUT2D eigenvalue weighted by molar-refractivity contribution is 6.40. The number of rotatable bonds is 6. The van der Waals surface area contributed by atoms with Crippen LogP contribution in [0.3, 0.4) is 0 Å². The molecule has 0 saturated carbocycles. The van der Waals surface area contributed by atoms with Crippen molar-refractivity contribution in [1.82, 2.24) is 5.43 Å². The van der Waals surface area contributed by atoms with Crippen molar-refractivity contribution in [1.29, 1.82) is 0 Å². The molecule has 0 atom stereocenters. The fourth-order valence-corrected chi connectivity index (χ4v) is 3.36. The third-order valence-corrected chi connectivity index (χ3v) is 4.90. The van der Waals surface area contributed by atoms with Gasteiger partial charge in [0.1, 0.15) is 0 Å². The maximum Gasteiger partial charge on any atom is 0.343 e. The van der Waals surface area contributed by atoms with Gasteiger partial charge in [-0.25, -0.2) is 10.2 Å². The van der Waals surface area contributed by atoms with Crippen molar-refractivity contribution >= 4 is 52.9 Å². The van der Waals surface area contributed by atoms with Crippen molar-refractivity contribution < 1.29 is 23.9 Å². The second-order valence-electron chi connectivity index (χ2n) is 6.93. The number of benzene rings is 3. The molecular formula is C24H19Cl2N3O5. The van der Waals surface area contributed by atoms with Gasteiger partial charge in [-0.3, -0.25) is 9.59 Å². The lowest BCUT2D eigenvalue weighted by Crippen LogP contribution is -2.32. The zero-order valence-corrected chi connectivity index (χ0v) is 19.6. The van der Waals surface area contributed by atoms with E-state index in [0.717, 1.165) is 5.56 Å². The molecule has 10 heteroatoms. The van der Waals surface area contributed by atoms with Gasteiger partial charge in [0.2, 0.25) is 0 Å². The number of hydrogen-bond acceptors (Lipinski definition) is 6. The van der Waals surface area contributed by atoms with Crippen molar-refractivity contribution in [3.63, 3.8) is 0 Å². The number of nitrogens with one attached hydrogen (secondary N) is 2. The Balaban J connectivity index is 1.62. The van der Waals surface area contributed by atoms with Gasteiger partial charge in [0, 0.05) is 15.7 Å². The lowest BCUT2D eigenvalue weighted by molar-refractivity contribution is -0.136. The van der Waals surface area contributed by atoms with E-state index in [4.69, 9.17) is 32.7 Å². The molecule has 174 valence electrons. The van der Waals surface area contributed by atoms with Gasteiger partial charge < -0.3 is 14.8 Å². The molecule has 8 nitrogen and oxygen atoms in total. The molecule has 3 aromatic rings. The monoisotopic (exact) mass is 499 g/mol. The normalized spacial score (nSPS) is 10.6. The quantitative estimate of drug-likeness (QED) is 0.169. The van der Waals surface area contributed by atoms with Gasteiger partial charge in [-0.15, -0.1) is 0 Å². The lowest BCUT2D eigenvalue weighted by Gasteiger charge is -2.11. The Labute approximate surface area is 205 Å². The lowest BCUT2D eigenvalue weighted by atomic mass is 10.1. The van der Waals surface area contributed by atoms with E-state index in [2.05, 4.69) is 15.8 Å². The van der Waals surface area contributed by atoms with Crippen LogP contribution in [0.4, 0.5) is 5.69 Å². The number of hydrazone groups is 1. The predicted octanol–water partition coefficient (Wildman–Crippen LogP) is 4.62. The fraction of sp³-hybridized carbons (Fsp3) is 0.0833. The number of ether oxygens (including phenoxy) is 2. The molecule has 0 aliphatic heterocycles. The van der Waals surface area contributed by atoms with Crippen LogP contribution < -0.4 is 20.2 Å². The fourth-order valence-electron chi connectivity index (χ4n) is 2.84. The molecule has 0 aliphatic carbocycles. The van der Waals surface area contributed by atoms with Crippen molar-refractivity contribution in [2.75, 3.05) is 12.4 Å². The Bertz CT molecular complexity index is 1260. The molecule has 0 saturated heterocycles. The van der Waals surface area contributed by atoms with Crippen molar-refractivity contribution in [2.45, 2.75) is 6.92 Å². The molecule has 0 fully saturated rings. The minimum absolute atomic E-state index is 0.219. The maximum atomic E-state index is 12.5. The van der Waals surface area contributed by atoms with Gasteiger partial charge in [0.25, 0.3) is 0 Å². The van der Waals surface area contributed by atoms with Crippen LogP contribution in [0.5, 0.6) is 11.5 Å². The van der Waals surface area contributed by atoms with E-state index >= 15 is 0 Å². The van der Waals surface area contributed by atoms with Gasteiger partial charge >= 0.3 is 17.8 Å². The molecule has 0 spiro atoms. The molecule has 0 aliphatic rings. The highest BCUT2D eigenvalue weighted by Gasteiger charge is 2.15. The Morgan fingerprint density at radius 2 is 1.62 bits per heavy atom. The van der Waals surface area contributed by atoms with Crippen LogP contribution in [0.25, 0.3) is 0 Å². The topological polar surface area (TPSA) is 106 Å². The van der Waals surface area contributed by atoms with Crippen LogP contribution in [0, 0.1) is 6.92 Å². The second kappa shape index (κ2) is 11.3. The van der Waals surface area contributed by atoms with E-state index < -0.39 is 17.8 Å². The molecule has 0 heterocycles. The molecule has 2 amide bonds. The first-order chi connectivity index (χ1) is 16.3. The number of amides is 2. The number of carbonyl (C=O) groups is 3. The Hall–Kier alpha value is -3.88. The van der Waals surface area contributed by atoms with Gasteiger partial charge in [-0.05, 0) is 60.5 Å². The van der Waals surface area contributed by atoms with Crippen LogP contribution in [-0.2, 0) is 9.59 Å². The number of carbonyl (C=O) groups excluding carboxylic acids is 3. The average Bonchev–Trinajstić information content (AvgIpc) is 2.79. The van der Waals surface area contributed by atoms with Crippen molar-refractivity contribution in [3.05, 3.63) is 87.4 Å². The minimum Gasteiger partial charge on any atom is -0.493 e. The number of aryl methyl sites for hydroxylation is 1. The molecule has 2 N–H and O–H groups in total. The average molecular weight is 500 g/mol. The summed E-state index contributed by atoms with van der Waals surface area (Å²) in [5, 5.41) is 6.75. The van der Waals surface area contributed by atoms with E-state index in [1.54, 1.807) is 24.3 Å². The van der Waals surface area contributed by atoms with Gasteiger partial charge in [0.15, 0.2) is 11.5 Å². The maximum absolute atomic E-state index is 12.5. The highest BCUT2D eigenvalue weighted by atomic mass is 35.5. The Kier molecular flexibility index (Phi) is 8.24. The van der Waals surface area contributed by atoms with Crippen molar-refractivity contribution in [3.8, 4) is 11.5 Å². The summed E-state index contributed by atoms with van der Waals surface area (Å²) in [7, 11) is 1.43. The third-order valence-electron chi connectivity index (χ3n) is 4.46. The predicted molar refractivity (Wildman–Crippen MR) is 130 cm³/mol. The number of nitrogens with zero attached hydrogens (tertiary/aromatic N) is 1. The Morgan fingerprint density at radius 3 is 2.29 bits per heavy atom. The molecule has 0 bridgehead atoms. The van der Waals surface area contributed by atoms with E-state index in [9.17, 15) is 14.4 Å². The minimum atomic E-state index is -0.997. The largest absolute Gasteiger partial charge is 0.493 e. The van der Waals surface area contributed by atoms with Crippen LogP contribution in [0.1, 0.15) is 21.5 Å². The standard InChI is InChI=1S/C24H19Cl2N3O5/c1-14-5-3-4-6-19(14)24(32)34-20-8-7-15(9-21(20)33-2)13-27-29-23(31)22(30)28-18-11-16(25)10-17(26)12-18/h3-13H,1-2H3,(H,28,30)(H,29,31). The first-order valence-corrected chi connectivity index (χ1v) is 10.6. The first-order valence-electron chi connectivity index (χ1n) is 9.83. The summed E-state index contributed by atoms with van der Waals surface area (Å²) in [4.78, 5) is 36.5. The van der Waals surface area contributed by atoms with E-state index in [1.807, 2.05) is 19.1 Å². The summed E-state index contributed by atoms with van der Waals surface area (Å²) in [5.41, 5.74) is 4.13. The molecular weight excluding hydrogens is 481 g/mol. The first kappa shape index (κ1) is 24.8. The smallest absolute Gasteiger partial charge is 0.343 e. The van der Waals surface area contributed by atoms with Crippen molar-refractivity contribution in [2.24, 2.45) is 5.10 Å². The molecule has 0 radical (unpaired) electrons.